The lowest BCUT2D eigenvalue weighted by Gasteiger charge is -2.77. The van der Waals surface area contributed by atoms with Gasteiger partial charge in [-0.1, -0.05) is 48.5 Å². The number of hydrogen-bond donors (Lipinski definition) is 1. The first-order valence-corrected chi connectivity index (χ1v) is 7.16. The van der Waals surface area contributed by atoms with E-state index in [-0.39, 0.29) is 27.7 Å². The Morgan fingerprint density at radius 2 is 1.65 bits per heavy atom. The molecule has 1 amide bonds. The number of nitrogens with zero attached hydrogens (tertiary/aromatic N) is 1. The van der Waals surface area contributed by atoms with E-state index in [1.807, 2.05) is 0 Å². The first kappa shape index (κ1) is 15.1. The third-order valence-corrected chi connectivity index (χ3v) is 7.15. The van der Waals surface area contributed by atoms with Gasteiger partial charge >= 0.3 is 6.01 Å². The summed E-state index contributed by atoms with van der Waals surface area (Å²) in [6, 6.07) is 0.271. The molecule has 0 unspecified atom stereocenters. The Morgan fingerprint density at radius 3 is 2.15 bits per heavy atom. The molecule has 2 rings (SSSR count). The molecule has 0 spiro atoms. The Bertz CT molecular complexity index is 508. The van der Waals surface area contributed by atoms with Crippen LogP contribution in [0.3, 0.4) is 0 Å². The lowest BCUT2D eigenvalue weighted by molar-refractivity contribution is -0.292. The highest BCUT2D eigenvalue weighted by molar-refractivity contribution is 5.65. The Morgan fingerprint density at radius 1 is 1.10 bits per heavy atom. The molecule has 1 aliphatic carbocycles. The summed E-state index contributed by atoms with van der Waals surface area (Å²) in [5.74, 6) is 0. The molecule has 1 aliphatic rings. The van der Waals surface area contributed by atoms with E-state index in [0.717, 1.165) is 12.1 Å². The van der Waals surface area contributed by atoms with Crippen LogP contribution in [0.4, 0.5) is 6.01 Å². The molecule has 1 N–H and O–H groups in total. The molecule has 0 atom stereocenters. The van der Waals surface area contributed by atoms with E-state index in [2.05, 4.69) is 58.8 Å². The zero-order valence-corrected chi connectivity index (χ0v) is 13.6. The molecule has 20 heavy (non-hydrogen) atoms. The van der Waals surface area contributed by atoms with Crippen LogP contribution in [-0.2, 0) is 11.2 Å². The number of carbonyl (C=O) groups is 1. The molecular formula is C16H26N2O2. The maximum absolute atomic E-state index is 10.4. The lowest BCUT2D eigenvalue weighted by atomic mass is 9.27. The number of amides is 1. The minimum Gasteiger partial charge on any atom is -0.432 e. The summed E-state index contributed by atoms with van der Waals surface area (Å²) in [5.41, 5.74) is 1.66. The summed E-state index contributed by atoms with van der Waals surface area (Å²) in [4.78, 5) is 14.8. The molecule has 0 radical (unpaired) electrons. The summed E-state index contributed by atoms with van der Waals surface area (Å²) >= 11 is 0. The third kappa shape index (κ3) is 1.54. The molecule has 0 aromatic carbocycles. The first-order chi connectivity index (χ1) is 9.01. The number of rotatable bonds is 4. The average Bonchev–Trinajstić information content (AvgIpc) is 2.75. The van der Waals surface area contributed by atoms with Crippen LogP contribution in [0.25, 0.3) is 0 Å². The van der Waals surface area contributed by atoms with Crippen molar-refractivity contribution in [2.75, 3.05) is 5.32 Å². The Labute approximate surface area is 121 Å². The molecule has 1 saturated carbocycles. The molecule has 1 fully saturated rings. The van der Waals surface area contributed by atoms with Crippen molar-refractivity contribution < 1.29 is 9.21 Å². The van der Waals surface area contributed by atoms with E-state index in [9.17, 15) is 4.79 Å². The SMILES string of the molecule is CC1(C)C(C)(C)C(C)(Cc2coc(NC=O)n2)C1(C)C. The molecule has 1 aromatic rings. The van der Waals surface area contributed by atoms with E-state index in [1.165, 1.54) is 0 Å². The van der Waals surface area contributed by atoms with Crippen LogP contribution in [0.1, 0.15) is 54.2 Å². The van der Waals surface area contributed by atoms with Crippen LogP contribution in [0.15, 0.2) is 10.7 Å². The Balaban J connectivity index is 2.29. The van der Waals surface area contributed by atoms with Gasteiger partial charge in [0.2, 0.25) is 6.41 Å². The van der Waals surface area contributed by atoms with Gasteiger partial charge < -0.3 is 4.42 Å². The second-order valence-electron chi connectivity index (χ2n) is 7.79. The van der Waals surface area contributed by atoms with Crippen molar-refractivity contribution in [3.8, 4) is 0 Å². The molecule has 4 nitrogen and oxygen atoms in total. The van der Waals surface area contributed by atoms with Crippen molar-refractivity contribution in [1.29, 1.82) is 0 Å². The van der Waals surface area contributed by atoms with Crippen molar-refractivity contribution in [2.24, 2.45) is 21.7 Å². The van der Waals surface area contributed by atoms with Gasteiger partial charge in [-0.25, -0.2) is 0 Å². The normalized spacial score (nSPS) is 24.8. The van der Waals surface area contributed by atoms with Crippen molar-refractivity contribution in [2.45, 2.75) is 54.9 Å². The predicted molar refractivity (Wildman–Crippen MR) is 79.3 cm³/mol. The summed E-state index contributed by atoms with van der Waals surface area (Å²) in [6.07, 6.45) is 3.08. The van der Waals surface area contributed by atoms with Gasteiger partial charge in [-0.3, -0.25) is 10.1 Å². The van der Waals surface area contributed by atoms with Gasteiger partial charge in [0, 0.05) is 0 Å². The van der Waals surface area contributed by atoms with Gasteiger partial charge in [-0.2, -0.15) is 4.98 Å². The number of oxazole rings is 1. The lowest BCUT2D eigenvalue weighted by Crippen LogP contribution is -2.72. The van der Waals surface area contributed by atoms with E-state index >= 15 is 0 Å². The first-order valence-electron chi connectivity index (χ1n) is 7.16. The standard InChI is InChI=1S/C16H26N2O2/c1-13(2)14(3,4)16(7,15(13,5)6)8-11-9-20-12(18-11)17-10-19/h9-10H,8H2,1-7H3,(H,17,18,19). The topological polar surface area (TPSA) is 55.1 Å². The highest BCUT2D eigenvalue weighted by Crippen LogP contribution is 2.78. The van der Waals surface area contributed by atoms with E-state index in [1.54, 1.807) is 6.26 Å². The number of anilines is 1. The van der Waals surface area contributed by atoms with Gasteiger partial charge in [0.15, 0.2) is 0 Å². The zero-order valence-electron chi connectivity index (χ0n) is 13.6. The second kappa shape index (κ2) is 4.09. The quantitative estimate of drug-likeness (QED) is 0.850. The van der Waals surface area contributed by atoms with Crippen LogP contribution in [0.2, 0.25) is 0 Å². The molecule has 0 bridgehead atoms. The number of hydrogen-bond acceptors (Lipinski definition) is 3. The fraction of sp³-hybridized carbons (Fsp3) is 0.750. The van der Waals surface area contributed by atoms with Crippen LogP contribution >= 0.6 is 0 Å². The minimum atomic E-state index is 0.124. The maximum Gasteiger partial charge on any atom is 0.301 e. The van der Waals surface area contributed by atoms with Gasteiger partial charge in [0.05, 0.1) is 5.69 Å². The van der Waals surface area contributed by atoms with Crippen LogP contribution in [0.5, 0.6) is 0 Å². The molecule has 1 aromatic heterocycles. The van der Waals surface area contributed by atoms with Crippen molar-refractivity contribution in [3.05, 3.63) is 12.0 Å². The van der Waals surface area contributed by atoms with Gasteiger partial charge in [0.1, 0.15) is 6.26 Å². The zero-order chi connectivity index (χ0) is 15.4. The van der Waals surface area contributed by atoms with Crippen LogP contribution in [-0.4, -0.2) is 11.4 Å². The monoisotopic (exact) mass is 278 g/mol. The maximum atomic E-state index is 10.4. The third-order valence-electron chi connectivity index (χ3n) is 7.15. The molecule has 0 saturated heterocycles. The fourth-order valence-electron chi connectivity index (χ4n) is 4.19. The largest absolute Gasteiger partial charge is 0.432 e. The van der Waals surface area contributed by atoms with Crippen molar-refractivity contribution >= 4 is 12.4 Å². The molecule has 1 heterocycles. The van der Waals surface area contributed by atoms with Gasteiger partial charge in [-0.15, -0.1) is 0 Å². The van der Waals surface area contributed by atoms with E-state index in [4.69, 9.17) is 4.42 Å². The van der Waals surface area contributed by atoms with Gasteiger partial charge in [-0.05, 0) is 28.1 Å². The van der Waals surface area contributed by atoms with Crippen LogP contribution in [0, 0.1) is 21.7 Å². The molecular weight excluding hydrogens is 252 g/mol. The smallest absolute Gasteiger partial charge is 0.301 e. The van der Waals surface area contributed by atoms with E-state index in [0.29, 0.717) is 6.41 Å². The Kier molecular flexibility index (Phi) is 3.08. The van der Waals surface area contributed by atoms with Crippen molar-refractivity contribution in [1.82, 2.24) is 4.98 Å². The predicted octanol–water partition coefficient (Wildman–Crippen LogP) is 3.88. The average molecular weight is 278 g/mol. The fourth-order valence-corrected chi connectivity index (χ4v) is 4.19. The number of carbonyl (C=O) groups excluding carboxylic acids is 1. The van der Waals surface area contributed by atoms with E-state index < -0.39 is 0 Å². The summed E-state index contributed by atoms with van der Waals surface area (Å²) in [5, 5.41) is 2.45. The van der Waals surface area contributed by atoms with Gasteiger partial charge in [0.25, 0.3) is 0 Å². The summed E-state index contributed by atoms with van der Waals surface area (Å²) < 4.78 is 5.25. The molecule has 4 heteroatoms. The Hall–Kier alpha value is -1.32. The highest BCUT2D eigenvalue weighted by atomic mass is 16.4. The highest BCUT2D eigenvalue weighted by Gasteiger charge is 2.73. The minimum absolute atomic E-state index is 0.124. The van der Waals surface area contributed by atoms with Crippen molar-refractivity contribution in [3.63, 3.8) is 0 Å². The number of nitrogens with one attached hydrogen (secondary N) is 1. The number of aromatic nitrogens is 1. The summed E-state index contributed by atoms with van der Waals surface area (Å²) in [6.45, 7) is 16.4. The van der Waals surface area contributed by atoms with Crippen LogP contribution < -0.4 is 5.32 Å². The molecule has 0 aliphatic heterocycles. The summed E-state index contributed by atoms with van der Waals surface area (Å²) in [7, 11) is 0. The second-order valence-corrected chi connectivity index (χ2v) is 7.79. The molecule has 112 valence electrons.